The Hall–Kier alpha value is -4.20. The monoisotopic (exact) mass is 402 g/mol. The summed E-state index contributed by atoms with van der Waals surface area (Å²) in [5.74, 6) is 0.420. The van der Waals surface area contributed by atoms with Crippen LogP contribution in [0.2, 0.25) is 0 Å². The standard InChI is InChI=1S/C22H18N4O4/c1-25(2)17-6-3-14(4-7-17)22-24-19-12-16(5-10-21(19)30-22)23-13-15-11-18(26(28)29)8-9-20(15)27/h3-13,27H,1-2H3/b23-13+. The van der Waals surface area contributed by atoms with Crippen LogP contribution in [0.15, 0.2) is 70.1 Å². The van der Waals surface area contributed by atoms with E-state index in [4.69, 9.17) is 4.42 Å². The number of nitrogens with zero attached hydrogens (tertiary/aromatic N) is 4. The van der Waals surface area contributed by atoms with E-state index in [9.17, 15) is 15.2 Å². The lowest BCUT2D eigenvalue weighted by atomic mass is 10.2. The van der Waals surface area contributed by atoms with Crippen molar-refractivity contribution in [3.05, 3.63) is 76.3 Å². The molecule has 0 saturated carbocycles. The van der Waals surface area contributed by atoms with Crippen LogP contribution in [0.1, 0.15) is 5.56 Å². The number of aromatic nitrogens is 1. The van der Waals surface area contributed by atoms with Gasteiger partial charge in [-0.15, -0.1) is 0 Å². The van der Waals surface area contributed by atoms with Crippen LogP contribution in [-0.4, -0.2) is 35.3 Å². The molecule has 0 aliphatic heterocycles. The largest absolute Gasteiger partial charge is 0.507 e. The summed E-state index contributed by atoms with van der Waals surface area (Å²) in [5.41, 5.74) is 3.92. The molecule has 0 unspecified atom stereocenters. The zero-order valence-electron chi connectivity index (χ0n) is 16.3. The number of aliphatic imine (C=N–C) groups is 1. The number of hydrogen-bond donors (Lipinski definition) is 1. The zero-order valence-corrected chi connectivity index (χ0v) is 16.3. The van der Waals surface area contributed by atoms with Crippen molar-refractivity contribution >= 4 is 34.4 Å². The first-order valence-electron chi connectivity index (χ1n) is 9.10. The summed E-state index contributed by atoms with van der Waals surface area (Å²) in [4.78, 5) is 21.2. The first-order valence-corrected chi connectivity index (χ1v) is 9.10. The first-order chi connectivity index (χ1) is 14.4. The Morgan fingerprint density at radius 1 is 1.10 bits per heavy atom. The fourth-order valence-electron chi connectivity index (χ4n) is 2.92. The number of nitro benzene ring substituents is 1. The van der Waals surface area contributed by atoms with Crippen LogP contribution < -0.4 is 4.90 Å². The molecule has 0 amide bonds. The summed E-state index contributed by atoms with van der Waals surface area (Å²) < 4.78 is 5.84. The van der Waals surface area contributed by atoms with E-state index in [2.05, 4.69) is 9.98 Å². The number of rotatable bonds is 5. The van der Waals surface area contributed by atoms with Gasteiger partial charge in [0.25, 0.3) is 5.69 Å². The third-order valence-corrected chi connectivity index (χ3v) is 4.58. The number of fused-ring (bicyclic) bond motifs is 1. The van der Waals surface area contributed by atoms with Gasteiger partial charge in [0.2, 0.25) is 5.89 Å². The molecule has 150 valence electrons. The van der Waals surface area contributed by atoms with Crippen molar-refractivity contribution in [1.82, 2.24) is 4.98 Å². The minimum absolute atomic E-state index is 0.0877. The molecule has 4 rings (SSSR count). The van der Waals surface area contributed by atoms with E-state index in [-0.39, 0.29) is 17.0 Å². The second-order valence-corrected chi connectivity index (χ2v) is 6.87. The molecule has 0 fully saturated rings. The quantitative estimate of drug-likeness (QED) is 0.288. The maximum absolute atomic E-state index is 10.9. The van der Waals surface area contributed by atoms with Crippen molar-refractivity contribution in [3.63, 3.8) is 0 Å². The van der Waals surface area contributed by atoms with Crippen LogP contribution in [0.25, 0.3) is 22.6 Å². The number of benzene rings is 3. The molecule has 0 aliphatic carbocycles. The summed E-state index contributed by atoms with van der Waals surface area (Å²) in [6.07, 6.45) is 1.38. The second kappa shape index (κ2) is 7.67. The normalized spacial score (nSPS) is 11.3. The Morgan fingerprint density at radius 2 is 1.87 bits per heavy atom. The topological polar surface area (TPSA) is 105 Å². The molecule has 0 spiro atoms. The van der Waals surface area contributed by atoms with Gasteiger partial charge in [-0.3, -0.25) is 15.1 Å². The number of non-ortho nitro benzene ring substituents is 1. The minimum atomic E-state index is -0.523. The predicted octanol–water partition coefficient (Wildman–Crippen LogP) is 4.93. The van der Waals surface area contributed by atoms with Crippen molar-refractivity contribution in [2.45, 2.75) is 0 Å². The summed E-state index contributed by atoms with van der Waals surface area (Å²) in [6, 6.07) is 16.9. The molecule has 3 aromatic carbocycles. The molecular formula is C22H18N4O4. The smallest absolute Gasteiger partial charge is 0.270 e. The van der Waals surface area contributed by atoms with Gasteiger partial charge in [-0.05, 0) is 48.5 Å². The number of phenols is 1. The fourth-order valence-corrected chi connectivity index (χ4v) is 2.92. The Balaban J connectivity index is 1.62. The van der Waals surface area contributed by atoms with Crippen molar-refractivity contribution in [2.24, 2.45) is 4.99 Å². The highest BCUT2D eigenvalue weighted by atomic mass is 16.6. The molecule has 1 aromatic heterocycles. The highest BCUT2D eigenvalue weighted by Gasteiger charge is 2.11. The molecule has 1 heterocycles. The molecule has 0 saturated heterocycles. The van der Waals surface area contributed by atoms with Crippen molar-refractivity contribution in [2.75, 3.05) is 19.0 Å². The molecule has 0 atom stereocenters. The highest BCUT2D eigenvalue weighted by Crippen LogP contribution is 2.29. The van der Waals surface area contributed by atoms with E-state index >= 15 is 0 Å². The molecular weight excluding hydrogens is 384 g/mol. The van der Waals surface area contributed by atoms with Gasteiger partial charge >= 0.3 is 0 Å². The molecule has 0 aliphatic rings. The van der Waals surface area contributed by atoms with Gasteiger partial charge in [-0.1, -0.05) is 0 Å². The van der Waals surface area contributed by atoms with Crippen LogP contribution in [-0.2, 0) is 0 Å². The van der Waals surface area contributed by atoms with Crippen molar-refractivity contribution in [1.29, 1.82) is 0 Å². The van der Waals surface area contributed by atoms with Gasteiger partial charge in [0.15, 0.2) is 5.58 Å². The number of anilines is 1. The average molecular weight is 402 g/mol. The third-order valence-electron chi connectivity index (χ3n) is 4.58. The highest BCUT2D eigenvalue weighted by molar-refractivity contribution is 5.87. The Labute approximate surface area is 171 Å². The van der Waals surface area contributed by atoms with E-state index in [0.717, 1.165) is 11.3 Å². The first kappa shape index (κ1) is 19.1. The third kappa shape index (κ3) is 3.83. The van der Waals surface area contributed by atoms with Gasteiger partial charge in [0, 0.05) is 49.3 Å². The Kier molecular flexibility index (Phi) is 4.89. The van der Waals surface area contributed by atoms with Crippen LogP contribution in [0.5, 0.6) is 5.75 Å². The maximum atomic E-state index is 10.9. The summed E-state index contributed by atoms with van der Waals surface area (Å²) in [6.45, 7) is 0. The lowest BCUT2D eigenvalue weighted by Crippen LogP contribution is -2.07. The number of aromatic hydroxyl groups is 1. The number of oxazole rings is 1. The Bertz CT molecular complexity index is 1260. The van der Waals surface area contributed by atoms with E-state index < -0.39 is 4.92 Å². The predicted molar refractivity (Wildman–Crippen MR) is 116 cm³/mol. The van der Waals surface area contributed by atoms with Gasteiger partial charge < -0.3 is 14.4 Å². The fraction of sp³-hybridized carbons (Fsp3) is 0.0909. The molecule has 8 heteroatoms. The van der Waals surface area contributed by atoms with E-state index in [0.29, 0.717) is 22.7 Å². The van der Waals surface area contributed by atoms with Crippen LogP contribution in [0.3, 0.4) is 0 Å². The number of nitro groups is 1. The minimum Gasteiger partial charge on any atom is -0.507 e. The van der Waals surface area contributed by atoms with E-state index in [1.165, 1.54) is 24.4 Å². The summed E-state index contributed by atoms with van der Waals surface area (Å²) >= 11 is 0. The summed E-state index contributed by atoms with van der Waals surface area (Å²) in [5, 5.41) is 20.8. The maximum Gasteiger partial charge on any atom is 0.270 e. The van der Waals surface area contributed by atoms with Gasteiger partial charge in [-0.25, -0.2) is 4.98 Å². The molecule has 1 N–H and O–H groups in total. The number of phenolic OH excluding ortho intramolecular Hbond substituents is 1. The number of hydrogen-bond acceptors (Lipinski definition) is 7. The van der Waals surface area contributed by atoms with Gasteiger partial charge in [0.1, 0.15) is 11.3 Å². The molecule has 8 nitrogen and oxygen atoms in total. The second-order valence-electron chi connectivity index (χ2n) is 6.87. The molecule has 30 heavy (non-hydrogen) atoms. The average Bonchev–Trinajstić information content (AvgIpc) is 3.16. The molecule has 4 aromatic rings. The van der Waals surface area contributed by atoms with Crippen LogP contribution >= 0.6 is 0 Å². The molecule has 0 radical (unpaired) electrons. The summed E-state index contributed by atoms with van der Waals surface area (Å²) in [7, 11) is 3.95. The van der Waals surface area contributed by atoms with E-state index in [1.54, 1.807) is 18.2 Å². The Morgan fingerprint density at radius 3 is 2.57 bits per heavy atom. The van der Waals surface area contributed by atoms with Gasteiger partial charge in [-0.2, -0.15) is 0 Å². The lowest BCUT2D eigenvalue weighted by molar-refractivity contribution is -0.384. The van der Waals surface area contributed by atoms with Gasteiger partial charge in [0.05, 0.1) is 10.6 Å². The van der Waals surface area contributed by atoms with E-state index in [1.807, 2.05) is 43.3 Å². The van der Waals surface area contributed by atoms with Crippen molar-refractivity contribution in [3.8, 4) is 17.2 Å². The van der Waals surface area contributed by atoms with Crippen LogP contribution in [0, 0.1) is 10.1 Å². The molecule has 0 bridgehead atoms. The van der Waals surface area contributed by atoms with Crippen molar-refractivity contribution < 1.29 is 14.4 Å². The zero-order chi connectivity index (χ0) is 21.3. The lowest BCUT2D eigenvalue weighted by Gasteiger charge is -2.11. The SMILES string of the molecule is CN(C)c1ccc(-c2nc3cc(/N=C/c4cc([N+](=O)[O-])ccc4O)ccc3o2)cc1. The van der Waals surface area contributed by atoms with Crippen LogP contribution in [0.4, 0.5) is 17.1 Å².